The summed E-state index contributed by atoms with van der Waals surface area (Å²) in [6.45, 7) is 6.22. The molecule has 0 bridgehead atoms. The molecule has 0 aromatic carbocycles. The lowest BCUT2D eigenvalue weighted by Crippen LogP contribution is -2.33. The average molecular weight is 311 g/mol. The number of carbonyl (C=O) groups excluding carboxylic acids is 1. The molecule has 1 fully saturated rings. The Morgan fingerprint density at radius 3 is 2.89 bits per heavy atom. The number of aromatic nitrogens is 1. The molecule has 1 amide bonds. The van der Waals surface area contributed by atoms with Gasteiger partial charge in [-0.1, -0.05) is 13.8 Å². The van der Waals surface area contributed by atoms with Gasteiger partial charge < -0.3 is 4.90 Å². The Morgan fingerprint density at radius 2 is 2.17 bits per heavy atom. The van der Waals surface area contributed by atoms with Gasteiger partial charge in [-0.05, 0) is 52.7 Å². The van der Waals surface area contributed by atoms with Crippen molar-refractivity contribution in [2.45, 2.75) is 33.1 Å². The molecule has 0 N–H and O–H groups in total. The van der Waals surface area contributed by atoms with E-state index in [0.717, 1.165) is 30.4 Å². The average Bonchev–Trinajstić information content (AvgIpc) is 2.50. The lowest BCUT2D eigenvalue weighted by molar-refractivity contribution is 0.0750. The highest BCUT2D eigenvalue weighted by Gasteiger charge is 2.27. The molecule has 4 heteroatoms. The summed E-state index contributed by atoms with van der Waals surface area (Å²) in [5, 5.41) is 0. The molecule has 0 aliphatic carbocycles. The van der Waals surface area contributed by atoms with Crippen LogP contribution in [0.15, 0.2) is 22.8 Å². The van der Waals surface area contributed by atoms with Crippen molar-refractivity contribution in [1.82, 2.24) is 9.88 Å². The minimum Gasteiger partial charge on any atom is -0.337 e. The van der Waals surface area contributed by atoms with Crippen LogP contribution in [0.4, 0.5) is 0 Å². The number of amides is 1. The zero-order valence-electron chi connectivity index (χ0n) is 10.9. The molecule has 0 spiro atoms. The smallest absolute Gasteiger partial charge is 0.273 e. The number of nitrogens with zero attached hydrogens (tertiary/aromatic N) is 2. The van der Waals surface area contributed by atoms with Crippen LogP contribution in [0.3, 0.4) is 0 Å². The van der Waals surface area contributed by atoms with E-state index in [1.165, 1.54) is 6.42 Å². The minimum atomic E-state index is 0.0418. The van der Waals surface area contributed by atoms with Crippen LogP contribution in [0.2, 0.25) is 0 Å². The van der Waals surface area contributed by atoms with Crippen LogP contribution in [-0.4, -0.2) is 28.9 Å². The highest BCUT2D eigenvalue weighted by atomic mass is 79.9. The standard InChI is InChI=1S/C14H19BrN2O/c1-14(2)6-4-9-17(10-7-14)13(18)12-11(15)5-3-8-16-12/h3,5,8H,4,6-7,9-10H2,1-2H3. The molecule has 98 valence electrons. The largest absolute Gasteiger partial charge is 0.337 e. The first-order chi connectivity index (χ1) is 8.49. The summed E-state index contributed by atoms with van der Waals surface area (Å²) in [5.74, 6) is 0.0418. The normalized spacial score (nSPS) is 19.4. The SMILES string of the molecule is CC1(C)CCCN(C(=O)c2ncccc2Br)CC1. The van der Waals surface area contributed by atoms with Crippen LogP contribution in [0.25, 0.3) is 0 Å². The summed E-state index contributed by atoms with van der Waals surface area (Å²) in [6.07, 6.45) is 4.98. The summed E-state index contributed by atoms with van der Waals surface area (Å²) in [4.78, 5) is 18.5. The summed E-state index contributed by atoms with van der Waals surface area (Å²) < 4.78 is 0.776. The number of halogens is 1. The van der Waals surface area contributed by atoms with Gasteiger partial charge in [0.05, 0.1) is 0 Å². The number of likely N-dealkylation sites (tertiary alicyclic amines) is 1. The van der Waals surface area contributed by atoms with Crippen LogP contribution >= 0.6 is 15.9 Å². The van der Waals surface area contributed by atoms with Crippen molar-refractivity contribution in [3.63, 3.8) is 0 Å². The zero-order chi connectivity index (χ0) is 13.2. The van der Waals surface area contributed by atoms with E-state index in [4.69, 9.17) is 0 Å². The number of carbonyl (C=O) groups is 1. The van der Waals surface area contributed by atoms with Crippen molar-refractivity contribution in [1.29, 1.82) is 0 Å². The van der Waals surface area contributed by atoms with Gasteiger partial charge in [0.2, 0.25) is 0 Å². The third-order valence-corrected chi connectivity index (χ3v) is 4.23. The fraction of sp³-hybridized carbons (Fsp3) is 0.571. The van der Waals surface area contributed by atoms with Crippen molar-refractivity contribution < 1.29 is 4.79 Å². The van der Waals surface area contributed by atoms with Gasteiger partial charge in [0, 0.05) is 23.8 Å². The molecule has 1 aromatic heterocycles. The van der Waals surface area contributed by atoms with E-state index < -0.39 is 0 Å². The van der Waals surface area contributed by atoms with E-state index in [2.05, 4.69) is 34.8 Å². The Morgan fingerprint density at radius 1 is 1.39 bits per heavy atom. The first-order valence-electron chi connectivity index (χ1n) is 6.39. The second kappa shape index (κ2) is 5.39. The van der Waals surface area contributed by atoms with Gasteiger partial charge in [-0.2, -0.15) is 0 Å². The predicted octanol–water partition coefficient (Wildman–Crippen LogP) is 3.50. The molecule has 3 nitrogen and oxygen atoms in total. The molecule has 0 radical (unpaired) electrons. The fourth-order valence-electron chi connectivity index (χ4n) is 2.32. The van der Waals surface area contributed by atoms with E-state index in [9.17, 15) is 4.79 Å². The Kier molecular flexibility index (Phi) is 4.05. The lowest BCUT2D eigenvalue weighted by Gasteiger charge is -2.23. The molecule has 1 saturated heterocycles. The number of pyridine rings is 1. The fourth-order valence-corrected chi connectivity index (χ4v) is 2.74. The van der Waals surface area contributed by atoms with Crippen LogP contribution in [0.5, 0.6) is 0 Å². The Hall–Kier alpha value is -0.900. The molecular weight excluding hydrogens is 292 g/mol. The molecule has 2 rings (SSSR count). The maximum atomic E-state index is 12.4. The third-order valence-electron chi connectivity index (χ3n) is 3.59. The van der Waals surface area contributed by atoms with E-state index in [1.807, 2.05) is 17.0 Å². The molecule has 0 saturated carbocycles. The Balaban J connectivity index is 2.13. The Labute approximate surface area is 117 Å². The quantitative estimate of drug-likeness (QED) is 0.795. The summed E-state index contributed by atoms with van der Waals surface area (Å²) >= 11 is 3.40. The first-order valence-corrected chi connectivity index (χ1v) is 7.19. The molecule has 1 aliphatic heterocycles. The highest BCUT2D eigenvalue weighted by Crippen LogP contribution is 2.30. The van der Waals surface area contributed by atoms with Crippen LogP contribution in [0.1, 0.15) is 43.6 Å². The number of hydrogen-bond acceptors (Lipinski definition) is 2. The van der Waals surface area contributed by atoms with Gasteiger partial charge in [-0.3, -0.25) is 4.79 Å². The van der Waals surface area contributed by atoms with Gasteiger partial charge >= 0.3 is 0 Å². The topological polar surface area (TPSA) is 33.2 Å². The molecular formula is C14H19BrN2O. The highest BCUT2D eigenvalue weighted by molar-refractivity contribution is 9.10. The molecule has 1 aliphatic rings. The lowest BCUT2D eigenvalue weighted by atomic mass is 9.85. The van der Waals surface area contributed by atoms with Crippen molar-refractivity contribution in [2.75, 3.05) is 13.1 Å². The predicted molar refractivity (Wildman–Crippen MR) is 75.5 cm³/mol. The van der Waals surface area contributed by atoms with Crippen molar-refractivity contribution >= 4 is 21.8 Å². The zero-order valence-corrected chi connectivity index (χ0v) is 12.5. The van der Waals surface area contributed by atoms with Gasteiger partial charge in [-0.15, -0.1) is 0 Å². The number of hydrogen-bond donors (Lipinski definition) is 0. The van der Waals surface area contributed by atoms with Crippen LogP contribution in [-0.2, 0) is 0 Å². The van der Waals surface area contributed by atoms with Gasteiger partial charge in [0.1, 0.15) is 5.69 Å². The van der Waals surface area contributed by atoms with E-state index in [1.54, 1.807) is 6.20 Å². The Bertz CT molecular complexity index is 445. The van der Waals surface area contributed by atoms with Gasteiger partial charge in [0.25, 0.3) is 5.91 Å². The summed E-state index contributed by atoms with van der Waals surface area (Å²) in [6, 6.07) is 3.69. The molecule has 0 atom stereocenters. The monoisotopic (exact) mass is 310 g/mol. The van der Waals surface area contributed by atoms with E-state index >= 15 is 0 Å². The molecule has 2 heterocycles. The van der Waals surface area contributed by atoms with Crippen molar-refractivity contribution in [3.8, 4) is 0 Å². The van der Waals surface area contributed by atoms with Gasteiger partial charge in [-0.25, -0.2) is 4.98 Å². The third kappa shape index (κ3) is 3.10. The van der Waals surface area contributed by atoms with Gasteiger partial charge in [0.15, 0.2) is 0 Å². The minimum absolute atomic E-state index is 0.0418. The van der Waals surface area contributed by atoms with E-state index in [-0.39, 0.29) is 5.91 Å². The van der Waals surface area contributed by atoms with Crippen LogP contribution < -0.4 is 0 Å². The molecule has 0 unspecified atom stereocenters. The van der Waals surface area contributed by atoms with Crippen LogP contribution in [0, 0.1) is 5.41 Å². The second-order valence-electron chi connectivity index (χ2n) is 5.64. The van der Waals surface area contributed by atoms with Crippen molar-refractivity contribution in [3.05, 3.63) is 28.5 Å². The first kappa shape index (κ1) is 13.5. The van der Waals surface area contributed by atoms with E-state index in [0.29, 0.717) is 11.1 Å². The maximum Gasteiger partial charge on any atom is 0.273 e. The summed E-state index contributed by atoms with van der Waals surface area (Å²) in [7, 11) is 0. The number of rotatable bonds is 1. The molecule has 1 aromatic rings. The maximum absolute atomic E-state index is 12.4. The summed E-state index contributed by atoms with van der Waals surface area (Å²) in [5.41, 5.74) is 0.869. The second-order valence-corrected chi connectivity index (χ2v) is 6.50. The van der Waals surface area contributed by atoms with Crippen molar-refractivity contribution in [2.24, 2.45) is 5.41 Å². The molecule has 18 heavy (non-hydrogen) atoms.